The molecule has 2 amide bonds. The van der Waals surface area contributed by atoms with E-state index < -0.39 is 15.4 Å². The monoisotopic (exact) mass is 450 g/mol. The van der Waals surface area contributed by atoms with Crippen LogP contribution >= 0.6 is 15.9 Å². The highest BCUT2D eigenvalue weighted by Crippen LogP contribution is 2.36. The van der Waals surface area contributed by atoms with Gasteiger partial charge in [0.15, 0.2) is 0 Å². The van der Waals surface area contributed by atoms with Gasteiger partial charge in [-0.25, -0.2) is 8.42 Å². The van der Waals surface area contributed by atoms with Crippen LogP contribution < -0.4 is 10.0 Å². The Morgan fingerprint density at radius 2 is 1.70 bits per heavy atom. The van der Waals surface area contributed by atoms with Crippen molar-refractivity contribution in [1.29, 1.82) is 0 Å². The third-order valence-electron chi connectivity index (χ3n) is 4.88. The third kappa shape index (κ3) is 3.91. The number of amides is 2. The van der Waals surface area contributed by atoms with Crippen LogP contribution in [0.3, 0.4) is 0 Å². The van der Waals surface area contributed by atoms with Crippen LogP contribution in [0.15, 0.2) is 57.9 Å². The second-order valence-electron chi connectivity index (χ2n) is 6.45. The molecule has 0 aromatic heterocycles. The van der Waals surface area contributed by atoms with Gasteiger partial charge in [-0.15, -0.1) is 0 Å². The smallest absolute Gasteiger partial charge is 0.261 e. The molecular weight excluding hydrogens is 432 g/mol. The zero-order valence-electron chi connectivity index (χ0n) is 14.7. The quantitative estimate of drug-likeness (QED) is 0.683. The number of halogens is 1. The number of benzene rings is 2. The highest BCUT2D eigenvalue weighted by Gasteiger charge is 2.42. The fourth-order valence-electron chi connectivity index (χ4n) is 3.25. The Morgan fingerprint density at radius 1 is 1.07 bits per heavy atom. The molecule has 1 aliphatic heterocycles. The highest BCUT2D eigenvalue weighted by atomic mass is 79.9. The van der Waals surface area contributed by atoms with E-state index in [1.165, 1.54) is 12.1 Å². The average molecular weight is 451 g/mol. The van der Waals surface area contributed by atoms with E-state index in [2.05, 4.69) is 26.0 Å². The Balaban J connectivity index is 1.84. The second-order valence-corrected chi connectivity index (χ2v) is 9.05. The van der Waals surface area contributed by atoms with Gasteiger partial charge >= 0.3 is 0 Å². The number of carbonyl (C=O) groups is 2. The Bertz CT molecular complexity index is 972. The standard InChI is InChI=1S/C19H19BrN2O4S/c1-2-19(12-11-17(23)21-18(19)24)13-3-7-15(8-4-13)22-27(25,26)16-9-5-14(20)6-10-16/h3-10,22H,2,11-12H2,1H3,(H,21,23,24). The number of hydrogen-bond acceptors (Lipinski definition) is 4. The molecule has 142 valence electrons. The van der Waals surface area contributed by atoms with Crippen molar-refractivity contribution in [3.8, 4) is 0 Å². The molecule has 0 bridgehead atoms. The van der Waals surface area contributed by atoms with Gasteiger partial charge in [-0.3, -0.25) is 19.6 Å². The molecule has 0 aliphatic carbocycles. The summed E-state index contributed by atoms with van der Waals surface area (Å²) in [6.45, 7) is 1.90. The predicted octanol–water partition coefficient (Wildman–Crippen LogP) is 3.33. The topological polar surface area (TPSA) is 92.3 Å². The minimum atomic E-state index is -3.70. The van der Waals surface area contributed by atoms with E-state index in [0.717, 1.165) is 10.0 Å². The molecule has 27 heavy (non-hydrogen) atoms. The van der Waals surface area contributed by atoms with Crippen molar-refractivity contribution < 1.29 is 18.0 Å². The van der Waals surface area contributed by atoms with Crippen molar-refractivity contribution in [2.75, 3.05) is 4.72 Å². The van der Waals surface area contributed by atoms with Crippen molar-refractivity contribution in [2.24, 2.45) is 0 Å². The molecule has 1 fully saturated rings. The molecule has 2 aromatic rings. The number of piperidine rings is 1. The second kappa shape index (κ2) is 7.44. The molecule has 1 unspecified atom stereocenters. The van der Waals surface area contributed by atoms with Gasteiger partial charge in [0.25, 0.3) is 10.0 Å². The molecule has 0 spiro atoms. The van der Waals surface area contributed by atoms with Gasteiger partial charge in [0, 0.05) is 16.6 Å². The summed E-state index contributed by atoms with van der Waals surface area (Å²) in [5.74, 6) is -0.563. The first-order valence-electron chi connectivity index (χ1n) is 8.50. The number of nitrogens with one attached hydrogen (secondary N) is 2. The summed E-state index contributed by atoms with van der Waals surface area (Å²) in [5, 5.41) is 2.41. The minimum Gasteiger partial charge on any atom is -0.296 e. The summed E-state index contributed by atoms with van der Waals surface area (Å²) < 4.78 is 28.3. The van der Waals surface area contributed by atoms with Gasteiger partial charge < -0.3 is 0 Å². The fourth-order valence-corrected chi connectivity index (χ4v) is 4.57. The van der Waals surface area contributed by atoms with Crippen molar-refractivity contribution in [1.82, 2.24) is 5.32 Å². The van der Waals surface area contributed by atoms with E-state index in [1.807, 2.05) is 6.92 Å². The zero-order chi connectivity index (χ0) is 19.7. The molecule has 0 radical (unpaired) electrons. The summed E-state index contributed by atoms with van der Waals surface area (Å²) in [6.07, 6.45) is 1.28. The molecule has 6 nitrogen and oxygen atoms in total. The zero-order valence-corrected chi connectivity index (χ0v) is 17.1. The van der Waals surface area contributed by atoms with Crippen molar-refractivity contribution in [2.45, 2.75) is 36.5 Å². The molecule has 1 aliphatic rings. The van der Waals surface area contributed by atoms with Crippen molar-refractivity contribution in [3.63, 3.8) is 0 Å². The van der Waals surface area contributed by atoms with Gasteiger partial charge in [-0.2, -0.15) is 0 Å². The first kappa shape index (κ1) is 19.6. The van der Waals surface area contributed by atoms with Gasteiger partial charge in [-0.1, -0.05) is 35.0 Å². The molecular formula is C19H19BrN2O4S. The summed E-state index contributed by atoms with van der Waals surface area (Å²) in [7, 11) is -3.70. The number of carbonyl (C=O) groups excluding carboxylic acids is 2. The first-order valence-corrected chi connectivity index (χ1v) is 10.8. The summed E-state index contributed by atoms with van der Waals surface area (Å²) in [5.41, 5.74) is 0.401. The lowest BCUT2D eigenvalue weighted by Gasteiger charge is -2.35. The number of hydrogen-bond donors (Lipinski definition) is 2. The van der Waals surface area contributed by atoms with Gasteiger partial charge in [0.2, 0.25) is 11.8 Å². The Hall–Kier alpha value is -2.19. The number of anilines is 1. The molecule has 2 N–H and O–H groups in total. The Morgan fingerprint density at radius 3 is 2.26 bits per heavy atom. The molecule has 3 rings (SSSR count). The first-order chi connectivity index (χ1) is 12.8. The lowest BCUT2D eigenvalue weighted by molar-refractivity contribution is -0.138. The van der Waals surface area contributed by atoms with Crippen LogP contribution in [-0.2, 0) is 25.0 Å². The van der Waals surface area contributed by atoms with E-state index in [1.54, 1.807) is 36.4 Å². The van der Waals surface area contributed by atoms with Crippen LogP contribution in [0.25, 0.3) is 0 Å². The van der Waals surface area contributed by atoms with Crippen LogP contribution in [-0.4, -0.2) is 20.2 Å². The van der Waals surface area contributed by atoms with Crippen molar-refractivity contribution in [3.05, 3.63) is 58.6 Å². The van der Waals surface area contributed by atoms with Crippen LogP contribution in [0.1, 0.15) is 31.7 Å². The molecule has 1 atom stereocenters. The molecule has 0 saturated carbocycles. The third-order valence-corrected chi connectivity index (χ3v) is 6.81. The Labute approximate surface area is 166 Å². The van der Waals surface area contributed by atoms with Gasteiger partial charge in [0.05, 0.1) is 10.3 Å². The maximum absolute atomic E-state index is 12.5. The van der Waals surface area contributed by atoms with Crippen LogP contribution in [0.2, 0.25) is 0 Å². The van der Waals surface area contributed by atoms with Gasteiger partial charge in [0.1, 0.15) is 0 Å². The SMILES string of the molecule is CCC1(c2ccc(NS(=O)(=O)c3ccc(Br)cc3)cc2)CCC(=O)NC1=O. The summed E-state index contributed by atoms with van der Waals surface area (Å²) in [6, 6.07) is 13.1. The maximum Gasteiger partial charge on any atom is 0.261 e. The number of imide groups is 1. The van der Waals surface area contributed by atoms with E-state index in [-0.39, 0.29) is 23.1 Å². The highest BCUT2D eigenvalue weighted by molar-refractivity contribution is 9.10. The lowest BCUT2D eigenvalue weighted by atomic mass is 9.72. The van der Waals surface area contributed by atoms with Gasteiger partial charge in [-0.05, 0) is 54.8 Å². The molecule has 1 saturated heterocycles. The fraction of sp³-hybridized carbons (Fsp3) is 0.263. The van der Waals surface area contributed by atoms with E-state index in [0.29, 0.717) is 18.5 Å². The maximum atomic E-state index is 12.5. The summed E-state index contributed by atoms with van der Waals surface area (Å²) in [4.78, 5) is 24.1. The average Bonchev–Trinajstić information content (AvgIpc) is 2.63. The molecule has 8 heteroatoms. The molecule has 1 heterocycles. The Kier molecular flexibility index (Phi) is 5.39. The number of sulfonamides is 1. The van der Waals surface area contributed by atoms with Crippen LogP contribution in [0, 0.1) is 0 Å². The van der Waals surface area contributed by atoms with E-state index in [4.69, 9.17) is 0 Å². The normalized spacial score (nSPS) is 20.2. The van der Waals surface area contributed by atoms with Crippen LogP contribution in [0.5, 0.6) is 0 Å². The van der Waals surface area contributed by atoms with E-state index in [9.17, 15) is 18.0 Å². The van der Waals surface area contributed by atoms with Crippen LogP contribution in [0.4, 0.5) is 5.69 Å². The largest absolute Gasteiger partial charge is 0.296 e. The lowest BCUT2D eigenvalue weighted by Crippen LogP contribution is -2.51. The summed E-state index contributed by atoms with van der Waals surface area (Å²) >= 11 is 3.28. The van der Waals surface area contributed by atoms with E-state index >= 15 is 0 Å². The minimum absolute atomic E-state index is 0.157. The predicted molar refractivity (Wildman–Crippen MR) is 106 cm³/mol. The van der Waals surface area contributed by atoms with Crippen molar-refractivity contribution >= 4 is 43.5 Å². The number of rotatable bonds is 5. The molecule has 2 aromatic carbocycles.